The van der Waals surface area contributed by atoms with Gasteiger partial charge in [-0.1, -0.05) is 11.6 Å². The molecule has 4 nitrogen and oxygen atoms in total. The highest BCUT2D eigenvalue weighted by atomic mass is 35.5. The second-order valence-corrected chi connectivity index (χ2v) is 5.09. The monoisotopic (exact) mass is 290 g/mol. The topological polar surface area (TPSA) is 41.0 Å². The smallest absolute Gasteiger partial charge is 0.126 e. The molecule has 0 unspecified atom stereocenters. The number of rotatable bonds is 6. The quantitative estimate of drug-likeness (QED) is 0.887. The molecule has 2 aromatic heterocycles. The molecule has 0 aromatic carbocycles. The molecule has 0 spiro atoms. The van der Waals surface area contributed by atoms with E-state index in [-0.39, 0.29) is 0 Å². The minimum absolute atomic E-state index is 0.702. The summed E-state index contributed by atoms with van der Waals surface area (Å²) >= 11 is 6.22. The van der Waals surface area contributed by atoms with Gasteiger partial charge in [0.1, 0.15) is 5.82 Å². The average Bonchev–Trinajstić information content (AvgIpc) is 2.44. The molecule has 0 amide bonds. The molecule has 0 radical (unpaired) electrons. The predicted octanol–water partition coefficient (Wildman–Crippen LogP) is 3.19. The first-order chi connectivity index (χ1) is 9.69. The summed E-state index contributed by atoms with van der Waals surface area (Å²) in [5.41, 5.74) is 2.11. The molecule has 0 aliphatic heterocycles. The fourth-order valence-electron chi connectivity index (χ4n) is 1.99. The van der Waals surface area contributed by atoms with Gasteiger partial charge in [0.05, 0.1) is 10.7 Å². The summed E-state index contributed by atoms with van der Waals surface area (Å²) in [6.45, 7) is 4.44. The van der Waals surface area contributed by atoms with E-state index in [1.807, 2.05) is 31.2 Å². The van der Waals surface area contributed by atoms with Crippen molar-refractivity contribution in [1.82, 2.24) is 14.9 Å². The second kappa shape index (κ2) is 7.22. The Bertz CT molecular complexity index is 545. The maximum atomic E-state index is 6.22. The van der Waals surface area contributed by atoms with Crippen LogP contribution in [0.3, 0.4) is 0 Å². The van der Waals surface area contributed by atoms with Crippen molar-refractivity contribution in [1.29, 1.82) is 0 Å². The third kappa shape index (κ3) is 4.18. The van der Waals surface area contributed by atoms with Crippen molar-refractivity contribution in [3.05, 3.63) is 52.9 Å². The number of nitrogens with zero attached hydrogens (tertiary/aromatic N) is 3. The van der Waals surface area contributed by atoms with Crippen molar-refractivity contribution in [3.8, 4) is 0 Å². The summed E-state index contributed by atoms with van der Waals surface area (Å²) in [7, 11) is 2.05. The molecule has 106 valence electrons. The van der Waals surface area contributed by atoms with Crippen LogP contribution in [0.2, 0.25) is 5.02 Å². The minimum atomic E-state index is 0.702. The molecule has 0 atom stereocenters. The third-order valence-corrected chi connectivity index (χ3v) is 3.24. The van der Waals surface area contributed by atoms with E-state index in [0.29, 0.717) is 11.6 Å². The zero-order valence-corrected chi connectivity index (χ0v) is 12.6. The van der Waals surface area contributed by atoms with E-state index in [2.05, 4.69) is 27.2 Å². The molecule has 2 aromatic rings. The molecule has 0 bridgehead atoms. The van der Waals surface area contributed by atoms with E-state index < -0.39 is 0 Å². The Balaban J connectivity index is 2.03. The molecule has 5 heteroatoms. The van der Waals surface area contributed by atoms with Crippen LogP contribution >= 0.6 is 11.6 Å². The zero-order chi connectivity index (χ0) is 14.4. The van der Waals surface area contributed by atoms with E-state index in [4.69, 9.17) is 11.6 Å². The Labute approximate surface area is 124 Å². The highest BCUT2D eigenvalue weighted by Crippen LogP contribution is 2.18. The Morgan fingerprint density at radius 1 is 1.15 bits per heavy atom. The summed E-state index contributed by atoms with van der Waals surface area (Å²) in [5, 5.41) is 3.90. The van der Waals surface area contributed by atoms with Crippen LogP contribution in [0.25, 0.3) is 0 Å². The normalized spacial score (nSPS) is 10.8. The minimum Gasteiger partial charge on any atom is -0.370 e. The van der Waals surface area contributed by atoms with Crippen molar-refractivity contribution in [2.24, 2.45) is 0 Å². The van der Waals surface area contributed by atoms with Crippen molar-refractivity contribution in [2.75, 3.05) is 18.9 Å². The molecular formula is C15H19ClN4. The van der Waals surface area contributed by atoms with E-state index in [1.54, 1.807) is 12.4 Å². The van der Waals surface area contributed by atoms with Crippen molar-refractivity contribution in [2.45, 2.75) is 20.0 Å². The number of hydrogen-bond donors (Lipinski definition) is 1. The standard InChI is InChI=1S/C15H19ClN4/c1-3-18-15-5-4-13(16)14(19-15)11-20(2)10-12-6-8-17-9-7-12/h4-9H,3,10-11H2,1-2H3,(H,18,19). The van der Waals surface area contributed by atoms with E-state index in [9.17, 15) is 0 Å². The Morgan fingerprint density at radius 2 is 1.90 bits per heavy atom. The van der Waals surface area contributed by atoms with Crippen LogP contribution in [-0.4, -0.2) is 28.5 Å². The van der Waals surface area contributed by atoms with E-state index >= 15 is 0 Å². The van der Waals surface area contributed by atoms with Gasteiger partial charge in [-0.15, -0.1) is 0 Å². The van der Waals surface area contributed by atoms with Gasteiger partial charge in [0.2, 0.25) is 0 Å². The Hall–Kier alpha value is -1.65. The maximum absolute atomic E-state index is 6.22. The van der Waals surface area contributed by atoms with Crippen LogP contribution in [-0.2, 0) is 13.1 Å². The lowest BCUT2D eigenvalue weighted by molar-refractivity contribution is 0.315. The number of anilines is 1. The third-order valence-electron chi connectivity index (χ3n) is 2.90. The summed E-state index contributed by atoms with van der Waals surface area (Å²) in [6.07, 6.45) is 3.61. The fourth-order valence-corrected chi connectivity index (χ4v) is 2.15. The molecule has 0 saturated carbocycles. The summed E-state index contributed by atoms with van der Waals surface area (Å²) < 4.78 is 0. The van der Waals surface area contributed by atoms with Gasteiger partial charge >= 0.3 is 0 Å². The van der Waals surface area contributed by atoms with Crippen LogP contribution in [0.15, 0.2) is 36.7 Å². The van der Waals surface area contributed by atoms with Crippen LogP contribution in [0.5, 0.6) is 0 Å². The summed E-state index contributed by atoms with van der Waals surface area (Å²) in [6, 6.07) is 7.82. The van der Waals surface area contributed by atoms with Gasteiger partial charge in [0.25, 0.3) is 0 Å². The molecule has 2 heterocycles. The highest BCUT2D eigenvalue weighted by molar-refractivity contribution is 6.31. The predicted molar refractivity (Wildman–Crippen MR) is 82.8 cm³/mol. The van der Waals surface area contributed by atoms with Crippen LogP contribution in [0, 0.1) is 0 Å². The van der Waals surface area contributed by atoms with Gasteiger partial charge in [0.15, 0.2) is 0 Å². The first-order valence-corrected chi connectivity index (χ1v) is 7.03. The lowest BCUT2D eigenvalue weighted by Gasteiger charge is -2.17. The largest absolute Gasteiger partial charge is 0.370 e. The van der Waals surface area contributed by atoms with Gasteiger partial charge in [-0.25, -0.2) is 4.98 Å². The molecule has 2 rings (SSSR count). The van der Waals surface area contributed by atoms with Crippen molar-refractivity contribution in [3.63, 3.8) is 0 Å². The number of halogens is 1. The molecule has 0 aliphatic carbocycles. The van der Waals surface area contributed by atoms with Crippen LogP contribution < -0.4 is 5.32 Å². The van der Waals surface area contributed by atoms with Gasteiger partial charge in [-0.05, 0) is 43.8 Å². The SMILES string of the molecule is CCNc1ccc(Cl)c(CN(C)Cc2ccncc2)n1. The summed E-state index contributed by atoms with van der Waals surface area (Å²) in [5.74, 6) is 0.865. The highest BCUT2D eigenvalue weighted by Gasteiger charge is 2.08. The van der Waals surface area contributed by atoms with E-state index in [0.717, 1.165) is 24.6 Å². The Morgan fingerprint density at radius 3 is 2.60 bits per heavy atom. The molecule has 20 heavy (non-hydrogen) atoms. The van der Waals surface area contributed by atoms with Gasteiger partial charge in [-0.3, -0.25) is 9.88 Å². The number of nitrogens with one attached hydrogen (secondary N) is 1. The first-order valence-electron chi connectivity index (χ1n) is 6.65. The van der Waals surface area contributed by atoms with Crippen LogP contribution in [0.1, 0.15) is 18.2 Å². The van der Waals surface area contributed by atoms with Crippen molar-refractivity contribution >= 4 is 17.4 Å². The molecular weight excluding hydrogens is 272 g/mol. The molecule has 0 aliphatic rings. The van der Waals surface area contributed by atoms with Crippen molar-refractivity contribution < 1.29 is 0 Å². The second-order valence-electron chi connectivity index (χ2n) is 4.68. The lowest BCUT2D eigenvalue weighted by Crippen LogP contribution is -2.18. The van der Waals surface area contributed by atoms with E-state index in [1.165, 1.54) is 5.56 Å². The van der Waals surface area contributed by atoms with Gasteiger partial charge in [0, 0.05) is 32.0 Å². The lowest BCUT2D eigenvalue weighted by atomic mass is 10.2. The number of pyridine rings is 2. The fraction of sp³-hybridized carbons (Fsp3) is 0.333. The van der Waals surface area contributed by atoms with Gasteiger partial charge < -0.3 is 5.32 Å². The van der Waals surface area contributed by atoms with Crippen LogP contribution in [0.4, 0.5) is 5.82 Å². The van der Waals surface area contributed by atoms with Gasteiger partial charge in [-0.2, -0.15) is 0 Å². The first kappa shape index (κ1) is 14.8. The molecule has 1 N–H and O–H groups in total. The molecule has 0 saturated heterocycles. The molecule has 0 fully saturated rings. The average molecular weight is 291 g/mol. The summed E-state index contributed by atoms with van der Waals surface area (Å²) in [4.78, 5) is 10.7. The maximum Gasteiger partial charge on any atom is 0.126 e. The Kier molecular flexibility index (Phi) is 5.32. The zero-order valence-electron chi connectivity index (χ0n) is 11.8. The number of aromatic nitrogens is 2. The number of hydrogen-bond acceptors (Lipinski definition) is 4.